The number of nitro groups is 1. The average Bonchev–Trinajstić information content (AvgIpc) is 2.26. The van der Waals surface area contributed by atoms with E-state index in [1.165, 1.54) is 13.2 Å². The topological polar surface area (TPSA) is 72.6 Å². The van der Waals surface area contributed by atoms with Crippen LogP contribution in [0.15, 0.2) is 18.2 Å². The van der Waals surface area contributed by atoms with Crippen LogP contribution in [0.1, 0.15) is 24.8 Å². The quantitative estimate of drug-likeness (QED) is 0.615. The zero-order chi connectivity index (χ0) is 12.1. The molecule has 0 aliphatic heterocycles. The summed E-state index contributed by atoms with van der Waals surface area (Å²) in [6, 6.07) is 4.77. The van der Waals surface area contributed by atoms with Crippen LogP contribution in [0, 0.1) is 10.1 Å². The number of benzene rings is 1. The predicted octanol–water partition coefficient (Wildman–Crippen LogP) is 2.17. The maximum absolute atomic E-state index is 10.5. The highest BCUT2D eigenvalue weighted by Crippen LogP contribution is 2.31. The average molecular weight is 225 g/mol. The van der Waals surface area contributed by atoms with Gasteiger partial charge in [-0.15, -0.1) is 0 Å². The summed E-state index contributed by atoms with van der Waals surface area (Å²) in [5.74, 6) is 0.384. The van der Waals surface area contributed by atoms with E-state index in [1.54, 1.807) is 12.1 Å². The summed E-state index contributed by atoms with van der Waals surface area (Å²) in [6.45, 7) is 1.67. The lowest BCUT2D eigenvalue weighted by Crippen LogP contribution is -2.12. The third-order valence-corrected chi connectivity index (χ3v) is 2.54. The first-order chi connectivity index (χ1) is 7.58. The van der Waals surface area contributed by atoms with Crippen LogP contribution >= 0.6 is 0 Å². The molecule has 1 aromatic carbocycles. The highest BCUT2D eigenvalue weighted by molar-refractivity contribution is 5.41. The van der Waals surface area contributed by atoms with Crippen molar-refractivity contribution in [3.63, 3.8) is 0 Å². The largest absolute Gasteiger partial charge is 0.508 e. The van der Waals surface area contributed by atoms with Crippen molar-refractivity contribution in [2.24, 2.45) is 0 Å². The summed E-state index contributed by atoms with van der Waals surface area (Å²) in [5, 5.41) is 20.2. The third-order valence-electron chi connectivity index (χ3n) is 2.54. The van der Waals surface area contributed by atoms with E-state index in [0.29, 0.717) is 17.7 Å². The van der Waals surface area contributed by atoms with Gasteiger partial charge in [-0.1, -0.05) is 6.92 Å². The first-order valence-corrected chi connectivity index (χ1v) is 5.07. The number of methoxy groups -OCH3 is 1. The Labute approximate surface area is 93.8 Å². The lowest BCUT2D eigenvalue weighted by molar-refractivity contribution is -0.483. The SMILES string of the molecule is CC[C@@H](C[N+](=O)[O-])c1cc(OC)ccc1O. The van der Waals surface area contributed by atoms with Gasteiger partial charge in [-0.3, -0.25) is 10.1 Å². The lowest BCUT2D eigenvalue weighted by atomic mass is 9.95. The van der Waals surface area contributed by atoms with Crippen molar-refractivity contribution >= 4 is 0 Å². The minimum atomic E-state index is -0.368. The fraction of sp³-hybridized carbons (Fsp3) is 0.455. The van der Waals surface area contributed by atoms with E-state index in [9.17, 15) is 15.2 Å². The molecule has 0 unspecified atom stereocenters. The highest BCUT2D eigenvalue weighted by atomic mass is 16.6. The first-order valence-electron chi connectivity index (χ1n) is 5.07. The van der Waals surface area contributed by atoms with Crippen molar-refractivity contribution in [3.05, 3.63) is 33.9 Å². The molecule has 1 rings (SSSR count). The third kappa shape index (κ3) is 2.85. The Hall–Kier alpha value is -1.78. The molecule has 0 amide bonds. The molecule has 0 aliphatic rings. The number of phenolic OH excluding ortho intramolecular Hbond substituents is 1. The van der Waals surface area contributed by atoms with Gasteiger partial charge in [-0.2, -0.15) is 0 Å². The minimum Gasteiger partial charge on any atom is -0.508 e. The van der Waals surface area contributed by atoms with E-state index in [0.717, 1.165) is 0 Å². The van der Waals surface area contributed by atoms with E-state index >= 15 is 0 Å². The predicted molar refractivity (Wildman–Crippen MR) is 59.6 cm³/mol. The van der Waals surface area contributed by atoms with Crippen LogP contribution in [0.3, 0.4) is 0 Å². The van der Waals surface area contributed by atoms with Crippen LogP contribution in [-0.2, 0) is 0 Å². The standard InChI is InChI=1S/C11H15NO4/c1-3-8(7-12(14)15)10-6-9(16-2)4-5-11(10)13/h4-6,8,13H,3,7H2,1-2H3/t8-/m0/s1. The Kier molecular flexibility index (Phi) is 4.10. The van der Waals surface area contributed by atoms with Gasteiger partial charge in [0.05, 0.1) is 13.0 Å². The normalized spacial score (nSPS) is 12.1. The molecular formula is C11H15NO4. The van der Waals surface area contributed by atoms with Gasteiger partial charge >= 0.3 is 0 Å². The van der Waals surface area contributed by atoms with Gasteiger partial charge in [0, 0.05) is 10.5 Å². The second kappa shape index (κ2) is 5.34. The summed E-state index contributed by atoms with van der Waals surface area (Å²) >= 11 is 0. The Balaban J connectivity index is 3.02. The van der Waals surface area contributed by atoms with Crippen molar-refractivity contribution in [1.82, 2.24) is 0 Å². The summed E-state index contributed by atoms with van der Waals surface area (Å²) in [5.41, 5.74) is 0.568. The molecule has 0 radical (unpaired) electrons. The Morgan fingerprint density at radius 1 is 1.56 bits per heavy atom. The van der Waals surface area contributed by atoms with Crippen molar-refractivity contribution in [2.75, 3.05) is 13.7 Å². The van der Waals surface area contributed by atoms with Gasteiger partial charge in [0.15, 0.2) is 0 Å². The summed E-state index contributed by atoms with van der Waals surface area (Å²) < 4.78 is 5.03. The smallest absolute Gasteiger partial charge is 0.210 e. The van der Waals surface area contributed by atoms with Crippen molar-refractivity contribution in [2.45, 2.75) is 19.3 Å². The number of nitrogens with zero attached hydrogens (tertiary/aromatic N) is 1. The van der Waals surface area contributed by atoms with Crippen LogP contribution < -0.4 is 4.74 Å². The molecule has 5 nitrogen and oxygen atoms in total. The molecule has 1 atom stereocenters. The molecule has 16 heavy (non-hydrogen) atoms. The molecule has 0 heterocycles. The summed E-state index contributed by atoms with van der Waals surface area (Å²) in [6.07, 6.45) is 0.599. The zero-order valence-electron chi connectivity index (χ0n) is 9.34. The molecule has 0 aliphatic carbocycles. The van der Waals surface area contributed by atoms with Crippen LogP contribution in [-0.4, -0.2) is 23.7 Å². The number of hydrogen-bond acceptors (Lipinski definition) is 4. The fourth-order valence-corrected chi connectivity index (χ4v) is 1.61. The van der Waals surface area contributed by atoms with E-state index in [2.05, 4.69) is 0 Å². The maximum atomic E-state index is 10.5. The number of phenols is 1. The zero-order valence-corrected chi connectivity index (χ0v) is 9.34. The van der Waals surface area contributed by atoms with E-state index in [-0.39, 0.29) is 23.1 Å². The van der Waals surface area contributed by atoms with Crippen LogP contribution in [0.2, 0.25) is 0 Å². The maximum Gasteiger partial charge on any atom is 0.210 e. The van der Waals surface area contributed by atoms with Gasteiger partial charge in [0.25, 0.3) is 0 Å². The molecule has 0 fully saturated rings. The van der Waals surface area contributed by atoms with Crippen molar-refractivity contribution in [3.8, 4) is 11.5 Å². The van der Waals surface area contributed by atoms with Crippen LogP contribution in [0.25, 0.3) is 0 Å². The first kappa shape index (κ1) is 12.3. The van der Waals surface area contributed by atoms with Crippen LogP contribution in [0.4, 0.5) is 0 Å². The molecule has 0 saturated heterocycles. The van der Waals surface area contributed by atoms with Gasteiger partial charge in [0.1, 0.15) is 11.5 Å². The second-order valence-electron chi connectivity index (χ2n) is 3.55. The summed E-state index contributed by atoms with van der Waals surface area (Å²) in [4.78, 5) is 10.1. The Bertz CT molecular complexity index is 378. The van der Waals surface area contributed by atoms with Gasteiger partial charge < -0.3 is 9.84 Å². The summed E-state index contributed by atoms with van der Waals surface area (Å²) in [7, 11) is 1.52. The lowest BCUT2D eigenvalue weighted by Gasteiger charge is -2.13. The molecule has 0 bridgehead atoms. The molecule has 1 aromatic rings. The van der Waals surface area contributed by atoms with E-state index < -0.39 is 0 Å². The number of ether oxygens (including phenoxy) is 1. The fourth-order valence-electron chi connectivity index (χ4n) is 1.61. The van der Waals surface area contributed by atoms with Gasteiger partial charge in [-0.05, 0) is 24.6 Å². The molecular weight excluding hydrogens is 210 g/mol. The monoisotopic (exact) mass is 225 g/mol. The van der Waals surface area contributed by atoms with E-state index in [1.807, 2.05) is 6.92 Å². The minimum absolute atomic E-state index is 0.0782. The molecule has 0 aromatic heterocycles. The Morgan fingerprint density at radius 2 is 2.25 bits per heavy atom. The molecule has 5 heteroatoms. The number of hydrogen-bond donors (Lipinski definition) is 1. The van der Waals surface area contributed by atoms with Gasteiger partial charge in [-0.25, -0.2) is 0 Å². The molecule has 1 N–H and O–H groups in total. The Morgan fingerprint density at radius 3 is 2.75 bits per heavy atom. The second-order valence-corrected chi connectivity index (χ2v) is 3.55. The van der Waals surface area contributed by atoms with E-state index in [4.69, 9.17) is 4.74 Å². The van der Waals surface area contributed by atoms with Crippen molar-refractivity contribution in [1.29, 1.82) is 0 Å². The molecule has 0 saturated carbocycles. The number of rotatable bonds is 5. The highest BCUT2D eigenvalue weighted by Gasteiger charge is 2.19. The number of aromatic hydroxyl groups is 1. The molecule has 0 spiro atoms. The van der Waals surface area contributed by atoms with Crippen molar-refractivity contribution < 1.29 is 14.8 Å². The van der Waals surface area contributed by atoms with Crippen LogP contribution in [0.5, 0.6) is 11.5 Å². The molecule has 88 valence electrons. The van der Waals surface area contributed by atoms with Gasteiger partial charge in [0.2, 0.25) is 6.54 Å².